The summed E-state index contributed by atoms with van der Waals surface area (Å²) >= 11 is 8.85. The number of rotatable bonds is 9. The standard InChI is InChI=1S/C16H21ClN4O3S3/c1-11(2)25-16-20-19-15(26-16)18-14(22)8-5-9-21(27(3,23)24)13-7-4-6-12(17)10-13/h4,6-7,10-11H,5,8-9H2,1-3H3,(H,18,19,22). The Labute approximate surface area is 172 Å². The van der Waals surface area contributed by atoms with Crippen molar-refractivity contribution >= 4 is 61.4 Å². The molecular weight excluding hydrogens is 428 g/mol. The maximum Gasteiger partial charge on any atom is 0.232 e. The van der Waals surface area contributed by atoms with Gasteiger partial charge in [-0.25, -0.2) is 8.42 Å². The van der Waals surface area contributed by atoms with Crippen LogP contribution in [0.2, 0.25) is 5.02 Å². The Hall–Kier alpha value is -1.36. The number of nitrogens with one attached hydrogen (secondary N) is 1. The van der Waals surface area contributed by atoms with Crippen molar-refractivity contribution < 1.29 is 13.2 Å². The Kier molecular flexibility index (Phi) is 7.90. The van der Waals surface area contributed by atoms with Crippen LogP contribution in [0.5, 0.6) is 0 Å². The number of carbonyl (C=O) groups is 1. The van der Waals surface area contributed by atoms with Crippen LogP contribution < -0.4 is 9.62 Å². The average molecular weight is 449 g/mol. The van der Waals surface area contributed by atoms with Crippen LogP contribution in [0, 0.1) is 0 Å². The molecule has 1 aromatic carbocycles. The third-order valence-corrected chi connectivity index (χ3v) is 6.61. The number of thioether (sulfide) groups is 1. The van der Waals surface area contributed by atoms with Gasteiger partial charge in [0, 0.05) is 23.2 Å². The lowest BCUT2D eigenvalue weighted by Gasteiger charge is -2.22. The zero-order chi connectivity index (χ0) is 20.0. The molecule has 0 atom stereocenters. The van der Waals surface area contributed by atoms with Gasteiger partial charge in [0.05, 0.1) is 11.9 Å². The van der Waals surface area contributed by atoms with Crippen LogP contribution >= 0.6 is 34.7 Å². The van der Waals surface area contributed by atoms with Crippen molar-refractivity contribution in [1.29, 1.82) is 0 Å². The lowest BCUT2D eigenvalue weighted by atomic mass is 10.2. The summed E-state index contributed by atoms with van der Waals surface area (Å²) < 4.78 is 26.2. The zero-order valence-electron chi connectivity index (χ0n) is 15.2. The van der Waals surface area contributed by atoms with Gasteiger partial charge < -0.3 is 5.32 Å². The molecule has 1 N–H and O–H groups in total. The molecule has 0 unspecified atom stereocenters. The molecule has 1 heterocycles. The molecule has 0 fully saturated rings. The zero-order valence-corrected chi connectivity index (χ0v) is 18.4. The normalized spacial score (nSPS) is 11.6. The van der Waals surface area contributed by atoms with Gasteiger partial charge in [0.2, 0.25) is 21.1 Å². The number of anilines is 2. The van der Waals surface area contributed by atoms with Crippen LogP contribution in [-0.4, -0.2) is 42.6 Å². The predicted molar refractivity (Wildman–Crippen MR) is 112 cm³/mol. The number of hydrogen-bond donors (Lipinski definition) is 1. The second-order valence-electron chi connectivity index (χ2n) is 6.01. The van der Waals surface area contributed by atoms with E-state index < -0.39 is 10.0 Å². The number of sulfonamides is 1. The van der Waals surface area contributed by atoms with E-state index in [-0.39, 0.29) is 18.9 Å². The topological polar surface area (TPSA) is 92.3 Å². The van der Waals surface area contributed by atoms with Gasteiger partial charge >= 0.3 is 0 Å². The number of aromatic nitrogens is 2. The van der Waals surface area contributed by atoms with Gasteiger partial charge in [0.1, 0.15) is 0 Å². The molecular formula is C16H21ClN4O3S3. The fourth-order valence-corrected chi connectivity index (χ4v) is 5.33. The highest BCUT2D eigenvalue weighted by Gasteiger charge is 2.18. The van der Waals surface area contributed by atoms with Crippen molar-refractivity contribution in [2.24, 2.45) is 0 Å². The Morgan fingerprint density at radius 1 is 1.37 bits per heavy atom. The van der Waals surface area contributed by atoms with Crippen LogP contribution in [0.3, 0.4) is 0 Å². The van der Waals surface area contributed by atoms with Gasteiger partial charge in [-0.3, -0.25) is 9.10 Å². The van der Waals surface area contributed by atoms with E-state index in [1.54, 1.807) is 36.0 Å². The highest BCUT2D eigenvalue weighted by molar-refractivity contribution is 8.01. The fourth-order valence-electron chi connectivity index (χ4n) is 2.19. The van der Waals surface area contributed by atoms with Gasteiger partial charge in [-0.1, -0.05) is 54.6 Å². The molecule has 2 aromatic rings. The van der Waals surface area contributed by atoms with E-state index in [1.165, 1.54) is 15.6 Å². The van der Waals surface area contributed by atoms with Crippen LogP contribution in [0.4, 0.5) is 10.8 Å². The van der Waals surface area contributed by atoms with Gasteiger partial charge in [-0.2, -0.15) is 0 Å². The van der Waals surface area contributed by atoms with Crippen LogP contribution in [-0.2, 0) is 14.8 Å². The summed E-state index contributed by atoms with van der Waals surface area (Å²) in [5.74, 6) is -0.230. The summed E-state index contributed by atoms with van der Waals surface area (Å²) in [5.41, 5.74) is 0.477. The van der Waals surface area contributed by atoms with E-state index in [9.17, 15) is 13.2 Å². The Bertz CT molecular complexity index is 887. The van der Waals surface area contributed by atoms with E-state index in [0.717, 1.165) is 10.6 Å². The molecule has 0 aliphatic heterocycles. The Balaban J connectivity index is 1.90. The van der Waals surface area contributed by atoms with Crippen molar-refractivity contribution in [2.45, 2.75) is 36.3 Å². The number of halogens is 1. The summed E-state index contributed by atoms with van der Waals surface area (Å²) in [4.78, 5) is 12.1. The van der Waals surface area contributed by atoms with Crippen molar-refractivity contribution in [1.82, 2.24) is 10.2 Å². The average Bonchev–Trinajstić information content (AvgIpc) is 2.96. The van der Waals surface area contributed by atoms with Gasteiger partial charge in [0.15, 0.2) is 4.34 Å². The summed E-state index contributed by atoms with van der Waals surface area (Å²) in [6.45, 7) is 4.28. The summed E-state index contributed by atoms with van der Waals surface area (Å²) in [5, 5.41) is 11.9. The quantitative estimate of drug-likeness (QED) is 0.462. The predicted octanol–water partition coefficient (Wildman–Crippen LogP) is 3.88. The maximum absolute atomic E-state index is 12.1. The molecule has 11 heteroatoms. The van der Waals surface area contributed by atoms with E-state index in [2.05, 4.69) is 29.4 Å². The van der Waals surface area contributed by atoms with Gasteiger partial charge in [-0.15, -0.1) is 10.2 Å². The minimum atomic E-state index is -3.48. The van der Waals surface area contributed by atoms with Gasteiger partial charge in [-0.05, 0) is 24.6 Å². The number of hydrogen-bond acceptors (Lipinski definition) is 7. The number of amides is 1. The Morgan fingerprint density at radius 3 is 2.74 bits per heavy atom. The van der Waals surface area contributed by atoms with Crippen molar-refractivity contribution in [2.75, 3.05) is 22.4 Å². The molecule has 0 bridgehead atoms. The lowest BCUT2D eigenvalue weighted by Crippen LogP contribution is -2.31. The summed E-state index contributed by atoms with van der Waals surface area (Å²) in [6, 6.07) is 6.61. The van der Waals surface area contributed by atoms with Gasteiger partial charge in [0.25, 0.3) is 0 Å². The monoisotopic (exact) mass is 448 g/mol. The van der Waals surface area contributed by atoms with Crippen molar-refractivity contribution in [3.05, 3.63) is 29.3 Å². The number of benzene rings is 1. The molecule has 2 rings (SSSR count). The Morgan fingerprint density at radius 2 is 2.11 bits per heavy atom. The SMILES string of the molecule is CC(C)Sc1nnc(NC(=O)CCCN(c2cccc(Cl)c2)S(C)(=O)=O)s1. The molecule has 1 amide bonds. The fraction of sp³-hybridized carbons (Fsp3) is 0.438. The molecule has 7 nitrogen and oxygen atoms in total. The highest BCUT2D eigenvalue weighted by Crippen LogP contribution is 2.28. The first-order valence-electron chi connectivity index (χ1n) is 8.18. The number of nitrogens with zero attached hydrogens (tertiary/aromatic N) is 3. The molecule has 0 saturated heterocycles. The molecule has 0 aliphatic carbocycles. The van der Waals surface area contributed by atoms with Crippen molar-refractivity contribution in [3.63, 3.8) is 0 Å². The molecule has 27 heavy (non-hydrogen) atoms. The second kappa shape index (κ2) is 9.72. The third kappa shape index (κ3) is 7.28. The highest BCUT2D eigenvalue weighted by atomic mass is 35.5. The summed E-state index contributed by atoms with van der Waals surface area (Å²) in [7, 11) is -3.48. The summed E-state index contributed by atoms with van der Waals surface area (Å²) in [6.07, 6.45) is 1.65. The first kappa shape index (κ1) is 21.9. The minimum Gasteiger partial charge on any atom is -0.301 e. The van der Waals surface area contributed by atoms with Crippen LogP contribution in [0.15, 0.2) is 28.6 Å². The molecule has 0 radical (unpaired) electrons. The molecule has 148 valence electrons. The smallest absolute Gasteiger partial charge is 0.232 e. The number of carbonyl (C=O) groups excluding carboxylic acids is 1. The first-order chi connectivity index (χ1) is 12.6. The van der Waals surface area contributed by atoms with Crippen LogP contribution in [0.1, 0.15) is 26.7 Å². The van der Waals surface area contributed by atoms with E-state index in [0.29, 0.717) is 27.5 Å². The molecule has 0 spiro atoms. The van der Waals surface area contributed by atoms with Crippen LogP contribution in [0.25, 0.3) is 0 Å². The maximum atomic E-state index is 12.1. The first-order valence-corrected chi connectivity index (χ1v) is 12.1. The lowest BCUT2D eigenvalue weighted by molar-refractivity contribution is -0.116. The van der Waals surface area contributed by atoms with E-state index >= 15 is 0 Å². The molecule has 0 aliphatic rings. The minimum absolute atomic E-state index is 0.165. The third-order valence-electron chi connectivity index (χ3n) is 3.25. The van der Waals surface area contributed by atoms with E-state index in [4.69, 9.17) is 11.6 Å². The van der Waals surface area contributed by atoms with Crippen molar-refractivity contribution in [3.8, 4) is 0 Å². The largest absolute Gasteiger partial charge is 0.301 e. The second-order valence-corrected chi connectivity index (χ2v) is 11.2. The molecule has 1 aromatic heterocycles. The van der Waals surface area contributed by atoms with E-state index in [1.807, 2.05) is 0 Å². The molecule has 0 saturated carbocycles.